The zero-order chi connectivity index (χ0) is 4.24. The topological polar surface area (TPSA) is 0 Å². The summed E-state index contributed by atoms with van der Waals surface area (Å²) in [5.41, 5.74) is 0. The van der Waals surface area contributed by atoms with Crippen LogP contribution in [0.15, 0.2) is 0 Å². The minimum Gasteiger partial charge on any atom is -1.00 e. The molecule has 1 aliphatic carbocycles. The number of halogens is 3. The SMILES string of the molecule is [CH-]1CCCCC1.[Cl-].[Cl-].[Cl-].[Zr+4]. The van der Waals surface area contributed by atoms with Crippen molar-refractivity contribution in [2.45, 2.75) is 32.1 Å². The summed E-state index contributed by atoms with van der Waals surface area (Å²) >= 11 is 0. The van der Waals surface area contributed by atoms with Crippen LogP contribution in [0.3, 0.4) is 0 Å². The van der Waals surface area contributed by atoms with Crippen LogP contribution >= 0.6 is 0 Å². The fourth-order valence-corrected chi connectivity index (χ4v) is 0.898. The molecule has 1 rings (SSSR count). The molecular formula is C6H11Cl3Zr. The van der Waals surface area contributed by atoms with E-state index in [1.54, 1.807) is 0 Å². The first kappa shape index (κ1) is 22.6. The van der Waals surface area contributed by atoms with E-state index < -0.39 is 0 Å². The second kappa shape index (κ2) is 17.0. The molecule has 0 amide bonds. The van der Waals surface area contributed by atoms with Gasteiger partial charge < -0.3 is 43.6 Å². The van der Waals surface area contributed by atoms with E-state index in [-0.39, 0.29) is 63.4 Å². The molecule has 0 aromatic carbocycles. The average Bonchev–Trinajstić information content (AvgIpc) is 1.72. The summed E-state index contributed by atoms with van der Waals surface area (Å²) in [7, 11) is 0. The zero-order valence-electron chi connectivity index (χ0n) is 5.75. The van der Waals surface area contributed by atoms with E-state index in [9.17, 15) is 0 Å². The Bertz CT molecular complexity index is 28.5. The minimum absolute atomic E-state index is 0. The van der Waals surface area contributed by atoms with E-state index in [0.29, 0.717) is 0 Å². The van der Waals surface area contributed by atoms with Gasteiger partial charge in [0.05, 0.1) is 0 Å². The maximum Gasteiger partial charge on any atom is 4.00 e. The molecule has 60 valence electrons. The molecule has 0 aromatic heterocycles. The summed E-state index contributed by atoms with van der Waals surface area (Å²) in [6.45, 7) is 0. The molecule has 0 nitrogen and oxygen atoms in total. The summed E-state index contributed by atoms with van der Waals surface area (Å²) < 4.78 is 0. The molecular weight excluding hydrogens is 270 g/mol. The Morgan fingerprint density at radius 1 is 0.700 bits per heavy atom. The second-order valence-corrected chi connectivity index (χ2v) is 1.93. The molecule has 0 bridgehead atoms. The molecule has 10 heavy (non-hydrogen) atoms. The fourth-order valence-electron chi connectivity index (χ4n) is 0.898. The molecule has 0 spiro atoms. The molecule has 0 aliphatic heterocycles. The van der Waals surface area contributed by atoms with Crippen molar-refractivity contribution in [2.24, 2.45) is 0 Å². The van der Waals surface area contributed by atoms with Crippen LogP contribution in [0.1, 0.15) is 32.1 Å². The quantitative estimate of drug-likeness (QED) is 0.387. The summed E-state index contributed by atoms with van der Waals surface area (Å²) in [6, 6.07) is 0. The average molecular weight is 281 g/mol. The molecule has 1 saturated carbocycles. The predicted octanol–water partition coefficient (Wildman–Crippen LogP) is -6.84. The summed E-state index contributed by atoms with van der Waals surface area (Å²) in [5.74, 6) is 0. The first-order valence-corrected chi connectivity index (χ1v) is 2.82. The number of hydrogen-bond acceptors (Lipinski definition) is 0. The van der Waals surface area contributed by atoms with Gasteiger partial charge in [-0.05, 0) is 0 Å². The van der Waals surface area contributed by atoms with Crippen molar-refractivity contribution >= 4 is 0 Å². The molecule has 4 heteroatoms. The van der Waals surface area contributed by atoms with E-state index in [4.69, 9.17) is 0 Å². The summed E-state index contributed by atoms with van der Waals surface area (Å²) in [6.07, 6.45) is 9.50. The Hall–Kier alpha value is 1.75. The minimum atomic E-state index is 0. The molecule has 0 radical (unpaired) electrons. The first-order valence-electron chi connectivity index (χ1n) is 2.82. The standard InChI is InChI=1S/C6H11.3ClH.Zr/c1-2-4-6-5-3-1;;;;/h1H,2-6H2;3*1H;/q-1;;;;+4/p-3. The van der Waals surface area contributed by atoms with Crippen molar-refractivity contribution in [1.82, 2.24) is 0 Å². The van der Waals surface area contributed by atoms with Crippen molar-refractivity contribution in [3.8, 4) is 0 Å². The van der Waals surface area contributed by atoms with E-state index in [0.717, 1.165) is 0 Å². The van der Waals surface area contributed by atoms with Crippen LogP contribution < -0.4 is 37.2 Å². The van der Waals surface area contributed by atoms with Crippen molar-refractivity contribution in [1.29, 1.82) is 0 Å². The molecule has 0 atom stereocenters. The maximum absolute atomic E-state index is 2.39. The van der Waals surface area contributed by atoms with Crippen LogP contribution in [0.25, 0.3) is 0 Å². The van der Waals surface area contributed by atoms with Crippen LogP contribution in [-0.2, 0) is 26.2 Å². The molecule has 0 saturated heterocycles. The zero-order valence-corrected chi connectivity index (χ0v) is 10.5. The van der Waals surface area contributed by atoms with Crippen molar-refractivity contribution in [2.75, 3.05) is 0 Å². The third kappa shape index (κ3) is 12.4. The van der Waals surface area contributed by atoms with Crippen LogP contribution in [0.5, 0.6) is 0 Å². The van der Waals surface area contributed by atoms with E-state index in [1.807, 2.05) is 0 Å². The Balaban J connectivity index is -0.0000000450. The van der Waals surface area contributed by atoms with Crippen molar-refractivity contribution in [3.63, 3.8) is 0 Å². The third-order valence-corrected chi connectivity index (χ3v) is 1.32. The second-order valence-electron chi connectivity index (χ2n) is 1.93. The maximum atomic E-state index is 2.39. The van der Waals surface area contributed by atoms with Gasteiger partial charge in [0.2, 0.25) is 0 Å². The third-order valence-electron chi connectivity index (χ3n) is 1.32. The van der Waals surface area contributed by atoms with E-state index >= 15 is 0 Å². The van der Waals surface area contributed by atoms with Crippen LogP contribution in [-0.4, -0.2) is 0 Å². The largest absolute Gasteiger partial charge is 4.00 e. The van der Waals surface area contributed by atoms with Gasteiger partial charge >= 0.3 is 26.2 Å². The van der Waals surface area contributed by atoms with Crippen molar-refractivity contribution < 1.29 is 63.4 Å². The van der Waals surface area contributed by atoms with Crippen LogP contribution in [0.4, 0.5) is 0 Å². The fraction of sp³-hybridized carbons (Fsp3) is 0.833. The van der Waals surface area contributed by atoms with Gasteiger partial charge in [-0.25, -0.2) is 0 Å². The molecule has 0 N–H and O–H groups in total. The molecule has 0 unspecified atom stereocenters. The van der Waals surface area contributed by atoms with Gasteiger partial charge in [0, 0.05) is 0 Å². The molecule has 0 heterocycles. The van der Waals surface area contributed by atoms with Crippen LogP contribution in [0.2, 0.25) is 0 Å². The van der Waals surface area contributed by atoms with E-state index in [2.05, 4.69) is 6.42 Å². The normalized spacial score (nSPS) is 14.4. The van der Waals surface area contributed by atoms with Gasteiger partial charge in [-0.3, -0.25) is 0 Å². The number of rotatable bonds is 0. The molecule has 0 aromatic rings. The first-order chi connectivity index (χ1) is 3.00. The van der Waals surface area contributed by atoms with Crippen LogP contribution in [0, 0.1) is 6.42 Å². The Morgan fingerprint density at radius 3 is 1.20 bits per heavy atom. The Labute approximate surface area is 101 Å². The summed E-state index contributed by atoms with van der Waals surface area (Å²) in [4.78, 5) is 0. The van der Waals surface area contributed by atoms with Gasteiger partial charge in [-0.2, -0.15) is 12.8 Å². The van der Waals surface area contributed by atoms with Gasteiger partial charge in [-0.15, -0.1) is 0 Å². The van der Waals surface area contributed by atoms with Gasteiger partial charge in [0.1, 0.15) is 0 Å². The smallest absolute Gasteiger partial charge is 1.00 e. The van der Waals surface area contributed by atoms with Gasteiger partial charge in [0.15, 0.2) is 0 Å². The van der Waals surface area contributed by atoms with Gasteiger partial charge in [-0.1, -0.05) is 19.3 Å². The monoisotopic (exact) mass is 278 g/mol. The Kier molecular flexibility index (Phi) is 38.5. The Morgan fingerprint density at radius 2 is 1.10 bits per heavy atom. The predicted molar refractivity (Wildman–Crippen MR) is 27.4 cm³/mol. The molecule has 1 aliphatic rings. The van der Waals surface area contributed by atoms with E-state index in [1.165, 1.54) is 32.1 Å². The summed E-state index contributed by atoms with van der Waals surface area (Å²) in [5, 5.41) is 0. The number of hydrogen-bond donors (Lipinski definition) is 0. The van der Waals surface area contributed by atoms with Crippen molar-refractivity contribution in [3.05, 3.63) is 6.42 Å². The van der Waals surface area contributed by atoms with Gasteiger partial charge in [0.25, 0.3) is 0 Å². The molecule has 1 fully saturated rings.